The van der Waals surface area contributed by atoms with Crippen LogP contribution in [-0.2, 0) is 6.42 Å². The molecule has 5 heteroatoms. The third-order valence-corrected chi connectivity index (χ3v) is 3.41. The molecule has 0 bridgehead atoms. The Morgan fingerprint density at radius 3 is 2.47 bits per heavy atom. The van der Waals surface area contributed by atoms with Gasteiger partial charge in [0.25, 0.3) is 0 Å². The van der Waals surface area contributed by atoms with Gasteiger partial charge in [-0.2, -0.15) is 0 Å². The smallest absolute Gasteiger partial charge is 0.126 e. The first-order valence-corrected chi connectivity index (χ1v) is 6.58. The first kappa shape index (κ1) is 14.1. The zero-order valence-electron chi connectivity index (χ0n) is 10.3. The fourth-order valence-corrected chi connectivity index (χ4v) is 2.41. The summed E-state index contributed by atoms with van der Waals surface area (Å²) in [5.41, 5.74) is 8.10. The van der Waals surface area contributed by atoms with E-state index in [0.29, 0.717) is 17.7 Å². The van der Waals surface area contributed by atoms with Crippen molar-refractivity contribution in [3.8, 4) is 0 Å². The number of rotatable bonds is 3. The van der Waals surface area contributed by atoms with Crippen LogP contribution in [0.15, 0.2) is 34.8 Å². The molecule has 2 N–H and O–H groups in total. The predicted octanol–water partition coefficient (Wildman–Crippen LogP) is 3.67. The molecule has 2 rings (SSSR count). The second kappa shape index (κ2) is 5.75. The quantitative estimate of drug-likeness (QED) is 0.934. The molecule has 1 unspecified atom stereocenters. The molecule has 0 aliphatic heterocycles. The topological polar surface area (TPSA) is 38.9 Å². The Labute approximate surface area is 118 Å². The molecule has 0 spiro atoms. The summed E-state index contributed by atoms with van der Waals surface area (Å²) >= 11 is 3.38. The van der Waals surface area contributed by atoms with Gasteiger partial charge in [0.05, 0.1) is 11.7 Å². The molecule has 0 radical (unpaired) electrons. The molecular formula is C14H13BrF2N2. The molecule has 0 amide bonds. The maximum Gasteiger partial charge on any atom is 0.126 e. The van der Waals surface area contributed by atoms with E-state index in [4.69, 9.17) is 5.73 Å². The second-order valence-corrected chi connectivity index (χ2v) is 5.26. The Morgan fingerprint density at radius 2 is 1.84 bits per heavy atom. The van der Waals surface area contributed by atoms with Crippen molar-refractivity contribution in [1.29, 1.82) is 0 Å². The summed E-state index contributed by atoms with van der Waals surface area (Å²) in [6, 6.07) is 6.72. The maximum atomic E-state index is 13.1. The van der Waals surface area contributed by atoms with Crippen molar-refractivity contribution in [1.82, 2.24) is 4.98 Å². The monoisotopic (exact) mass is 326 g/mol. The first-order chi connectivity index (χ1) is 8.95. The average molecular weight is 327 g/mol. The van der Waals surface area contributed by atoms with Gasteiger partial charge in [0.1, 0.15) is 11.6 Å². The lowest BCUT2D eigenvalue weighted by Crippen LogP contribution is -2.16. The molecule has 1 aromatic heterocycles. The van der Waals surface area contributed by atoms with Gasteiger partial charge in [0, 0.05) is 16.2 Å². The minimum atomic E-state index is -0.599. The molecule has 1 heterocycles. The van der Waals surface area contributed by atoms with E-state index >= 15 is 0 Å². The largest absolute Gasteiger partial charge is 0.322 e. The molecule has 0 fully saturated rings. The van der Waals surface area contributed by atoms with Crippen molar-refractivity contribution in [3.63, 3.8) is 0 Å². The van der Waals surface area contributed by atoms with E-state index in [2.05, 4.69) is 20.9 Å². The van der Waals surface area contributed by atoms with Crippen LogP contribution in [0.3, 0.4) is 0 Å². The highest BCUT2D eigenvalue weighted by atomic mass is 79.9. The van der Waals surface area contributed by atoms with E-state index in [1.54, 1.807) is 0 Å². The van der Waals surface area contributed by atoms with Gasteiger partial charge in [0.2, 0.25) is 0 Å². The van der Waals surface area contributed by atoms with E-state index in [1.165, 1.54) is 12.1 Å². The van der Waals surface area contributed by atoms with Gasteiger partial charge in [-0.3, -0.25) is 4.98 Å². The molecule has 2 aromatic rings. The molecule has 1 aromatic carbocycles. The number of nitrogens with two attached hydrogens (primary N) is 1. The van der Waals surface area contributed by atoms with Crippen molar-refractivity contribution in [2.24, 2.45) is 5.73 Å². The minimum absolute atomic E-state index is 0.323. The van der Waals surface area contributed by atoms with Crippen molar-refractivity contribution < 1.29 is 8.78 Å². The number of benzene rings is 1. The molecule has 0 saturated heterocycles. The minimum Gasteiger partial charge on any atom is -0.322 e. The molecule has 19 heavy (non-hydrogen) atoms. The normalized spacial score (nSPS) is 12.5. The summed E-state index contributed by atoms with van der Waals surface area (Å²) in [5, 5.41) is 0. The van der Waals surface area contributed by atoms with E-state index in [-0.39, 0.29) is 0 Å². The van der Waals surface area contributed by atoms with Crippen LogP contribution in [0.4, 0.5) is 8.78 Å². The molecule has 1 atom stereocenters. The highest BCUT2D eigenvalue weighted by Crippen LogP contribution is 2.23. The SMILES string of the molecule is Cc1ccc(Br)c(C(N)Cc2cc(F)cc(F)c2)n1. The number of hydrogen-bond acceptors (Lipinski definition) is 2. The van der Waals surface area contributed by atoms with Crippen LogP contribution in [-0.4, -0.2) is 4.98 Å². The van der Waals surface area contributed by atoms with Crippen molar-refractivity contribution >= 4 is 15.9 Å². The van der Waals surface area contributed by atoms with Gasteiger partial charge in [-0.1, -0.05) is 0 Å². The van der Waals surface area contributed by atoms with Crippen LogP contribution in [0.1, 0.15) is 23.0 Å². The number of nitrogens with zero attached hydrogens (tertiary/aromatic N) is 1. The zero-order valence-corrected chi connectivity index (χ0v) is 11.9. The van der Waals surface area contributed by atoms with Crippen molar-refractivity contribution in [3.05, 3.63) is 63.4 Å². The Bertz CT molecular complexity index is 582. The van der Waals surface area contributed by atoms with Crippen LogP contribution < -0.4 is 5.73 Å². The van der Waals surface area contributed by atoms with Gasteiger partial charge in [0.15, 0.2) is 0 Å². The Hall–Kier alpha value is -1.33. The lowest BCUT2D eigenvalue weighted by Gasteiger charge is -2.14. The molecule has 0 saturated carbocycles. The number of pyridine rings is 1. The zero-order chi connectivity index (χ0) is 14.0. The highest BCUT2D eigenvalue weighted by molar-refractivity contribution is 9.10. The molecule has 100 valence electrons. The molecular weight excluding hydrogens is 314 g/mol. The van der Waals surface area contributed by atoms with Crippen LogP contribution in [0.2, 0.25) is 0 Å². The summed E-state index contributed by atoms with van der Waals surface area (Å²) in [6.07, 6.45) is 0.323. The third-order valence-electron chi connectivity index (χ3n) is 2.74. The van der Waals surface area contributed by atoms with Crippen LogP contribution in [0, 0.1) is 18.6 Å². The third kappa shape index (κ3) is 3.58. The number of halogens is 3. The van der Waals surface area contributed by atoms with Crippen LogP contribution in [0.5, 0.6) is 0 Å². The fraction of sp³-hybridized carbons (Fsp3) is 0.214. The second-order valence-electron chi connectivity index (χ2n) is 4.41. The Morgan fingerprint density at radius 1 is 1.21 bits per heavy atom. The standard InChI is InChI=1S/C14H13BrF2N2/c1-8-2-3-12(15)14(19-8)13(18)6-9-4-10(16)7-11(17)5-9/h2-5,7,13H,6,18H2,1H3. The number of aromatic nitrogens is 1. The fourth-order valence-electron chi connectivity index (χ4n) is 1.90. The van der Waals surface area contributed by atoms with E-state index in [0.717, 1.165) is 16.2 Å². The van der Waals surface area contributed by atoms with Crippen LogP contribution in [0.25, 0.3) is 0 Å². The van der Waals surface area contributed by atoms with E-state index in [1.807, 2.05) is 19.1 Å². The van der Waals surface area contributed by atoms with Crippen molar-refractivity contribution in [2.45, 2.75) is 19.4 Å². The van der Waals surface area contributed by atoms with E-state index in [9.17, 15) is 8.78 Å². The number of aryl methyl sites for hydroxylation is 1. The average Bonchev–Trinajstić information content (AvgIpc) is 2.30. The first-order valence-electron chi connectivity index (χ1n) is 5.79. The Kier molecular flexibility index (Phi) is 4.27. The summed E-state index contributed by atoms with van der Waals surface area (Å²) in [7, 11) is 0. The maximum absolute atomic E-state index is 13.1. The lowest BCUT2D eigenvalue weighted by atomic mass is 10.0. The predicted molar refractivity (Wildman–Crippen MR) is 73.7 cm³/mol. The van der Waals surface area contributed by atoms with Gasteiger partial charge < -0.3 is 5.73 Å². The number of hydrogen-bond donors (Lipinski definition) is 1. The van der Waals surface area contributed by atoms with Gasteiger partial charge in [-0.15, -0.1) is 0 Å². The van der Waals surface area contributed by atoms with Gasteiger partial charge in [-0.25, -0.2) is 8.78 Å². The molecule has 0 aliphatic rings. The molecule has 0 aliphatic carbocycles. The molecule has 2 nitrogen and oxygen atoms in total. The van der Waals surface area contributed by atoms with Gasteiger partial charge >= 0.3 is 0 Å². The summed E-state index contributed by atoms with van der Waals surface area (Å²) < 4.78 is 27.0. The van der Waals surface area contributed by atoms with Crippen molar-refractivity contribution in [2.75, 3.05) is 0 Å². The summed E-state index contributed by atoms with van der Waals surface area (Å²) in [4.78, 5) is 4.35. The van der Waals surface area contributed by atoms with Gasteiger partial charge in [-0.05, 0) is 59.1 Å². The highest BCUT2D eigenvalue weighted by Gasteiger charge is 2.13. The lowest BCUT2D eigenvalue weighted by molar-refractivity contribution is 0.575. The summed E-state index contributed by atoms with van der Waals surface area (Å²) in [6.45, 7) is 1.87. The van der Waals surface area contributed by atoms with Crippen LogP contribution >= 0.6 is 15.9 Å². The Balaban J connectivity index is 2.25. The van der Waals surface area contributed by atoms with E-state index < -0.39 is 17.7 Å². The summed E-state index contributed by atoms with van der Waals surface area (Å²) in [5.74, 6) is -1.20.